The number of fused-ring (bicyclic) bond motifs is 1. The molecule has 3 N–H and O–H groups in total. The van der Waals surface area contributed by atoms with Gasteiger partial charge in [0, 0.05) is 29.8 Å². The van der Waals surface area contributed by atoms with E-state index in [1.807, 2.05) is 0 Å². The van der Waals surface area contributed by atoms with Crippen LogP contribution in [0, 0.1) is 20.2 Å². The molecule has 0 radical (unpaired) electrons. The van der Waals surface area contributed by atoms with Crippen LogP contribution in [0.4, 0.5) is 17.1 Å². The zero-order valence-electron chi connectivity index (χ0n) is 13.4. The Morgan fingerprint density at radius 1 is 0.963 bits per heavy atom. The predicted molar refractivity (Wildman–Crippen MR) is 90.4 cm³/mol. The number of nitro benzene ring substituents is 2. The predicted octanol–water partition coefficient (Wildman–Crippen LogP) is 1.39. The van der Waals surface area contributed by atoms with Crippen LogP contribution < -0.4 is 11.1 Å². The van der Waals surface area contributed by atoms with Crippen molar-refractivity contribution in [1.82, 2.24) is 5.32 Å². The second kappa shape index (κ2) is 6.29. The quantitative estimate of drug-likeness (QED) is 0.261. The van der Waals surface area contributed by atoms with Crippen LogP contribution in [-0.2, 0) is 6.42 Å². The molecule has 3 rings (SSSR count). The topological polar surface area (TPSA) is 176 Å². The fraction of sp³-hybridized carbons (Fsp3) is 0.0625. The van der Waals surface area contributed by atoms with Gasteiger partial charge in [0.05, 0.1) is 27.0 Å². The number of benzene rings is 2. The highest BCUT2D eigenvalue weighted by Crippen LogP contribution is 2.27. The van der Waals surface area contributed by atoms with Crippen molar-refractivity contribution in [3.05, 3.63) is 72.8 Å². The van der Waals surface area contributed by atoms with Gasteiger partial charge in [0.15, 0.2) is 5.78 Å². The lowest BCUT2D eigenvalue weighted by molar-refractivity contribution is -0.394. The smallest absolute Gasteiger partial charge is 0.277 e. The molecule has 0 saturated carbocycles. The van der Waals surface area contributed by atoms with Gasteiger partial charge in [0.2, 0.25) is 0 Å². The van der Waals surface area contributed by atoms with Gasteiger partial charge < -0.3 is 5.73 Å². The maximum atomic E-state index is 12.5. The SMILES string of the molecule is Nc1cc(CC(=O)c2cc([N+](=O)[O-])cc([N+](=O)[O-])c2)cc2c1C(=O)NC2=O. The minimum Gasteiger partial charge on any atom is -0.398 e. The lowest BCUT2D eigenvalue weighted by Crippen LogP contribution is -2.20. The lowest BCUT2D eigenvalue weighted by atomic mass is 9.97. The largest absolute Gasteiger partial charge is 0.398 e. The van der Waals surface area contributed by atoms with Crippen LogP contribution >= 0.6 is 0 Å². The van der Waals surface area contributed by atoms with Crippen molar-refractivity contribution in [2.24, 2.45) is 0 Å². The summed E-state index contributed by atoms with van der Waals surface area (Å²) in [6.45, 7) is 0. The lowest BCUT2D eigenvalue weighted by Gasteiger charge is -2.06. The van der Waals surface area contributed by atoms with Crippen LogP contribution in [0.15, 0.2) is 30.3 Å². The Bertz CT molecular complexity index is 1030. The monoisotopic (exact) mass is 370 g/mol. The van der Waals surface area contributed by atoms with Gasteiger partial charge in [-0.1, -0.05) is 0 Å². The van der Waals surface area contributed by atoms with Crippen molar-refractivity contribution in [3.63, 3.8) is 0 Å². The molecule has 2 aromatic rings. The van der Waals surface area contributed by atoms with Crippen molar-refractivity contribution in [2.75, 3.05) is 5.73 Å². The molecule has 0 spiro atoms. The van der Waals surface area contributed by atoms with E-state index in [4.69, 9.17) is 5.73 Å². The highest BCUT2D eigenvalue weighted by atomic mass is 16.6. The zero-order chi connectivity index (χ0) is 19.9. The van der Waals surface area contributed by atoms with Gasteiger partial charge in [0.25, 0.3) is 23.2 Å². The number of nitrogens with zero attached hydrogens (tertiary/aromatic N) is 2. The van der Waals surface area contributed by atoms with E-state index in [0.717, 1.165) is 18.2 Å². The van der Waals surface area contributed by atoms with E-state index in [0.29, 0.717) is 0 Å². The number of non-ortho nitro benzene ring substituents is 2. The minimum absolute atomic E-state index is 0.00340. The Morgan fingerprint density at radius 2 is 1.56 bits per heavy atom. The van der Waals surface area contributed by atoms with Gasteiger partial charge in [-0.05, 0) is 17.7 Å². The van der Waals surface area contributed by atoms with Gasteiger partial charge in [0.1, 0.15) is 0 Å². The number of imide groups is 1. The fourth-order valence-corrected chi connectivity index (χ4v) is 2.75. The molecule has 0 atom stereocenters. The average molecular weight is 370 g/mol. The molecule has 2 aromatic carbocycles. The van der Waals surface area contributed by atoms with Crippen molar-refractivity contribution < 1.29 is 24.2 Å². The number of carbonyl (C=O) groups excluding carboxylic acids is 3. The summed E-state index contributed by atoms with van der Waals surface area (Å²) in [7, 11) is 0. The summed E-state index contributed by atoms with van der Waals surface area (Å²) in [5.74, 6) is -1.94. The van der Waals surface area contributed by atoms with Crippen molar-refractivity contribution >= 4 is 34.7 Å². The molecule has 1 heterocycles. The Labute approximate surface area is 150 Å². The summed E-state index contributed by atoms with van der Waals surface area (Å²) >= 11 is 0. The Morgan fingerprint density at radius 3 is 2.11 bits per heavy atom. The van der Waals surface area contributed by atoms with Crippen LogP contribution in [0.1, 0.15) is 36.6 Å². The minimum atomic E-state index is -0.840. The number of rotatable bonds is 5. The molecule has 11 nitrogen and oxygen atoms in total. The van der Waals surface area contributed by atoms with E-state index < -0.39 is 38.8 Å². The van der Waals surface area contributed by atoms with Gasteiger partial charge in [-0.2, -0.15) is 0 Å². The number of nitrogens with one attached hydrogen (secondary N) is 1. The van der Waals surface area contributed by atoms with Gasteiger partial charge in [-0.15, -0.1) is 0 Å². The van der Waals surface area contributed by atoms with Gasteiger partial charge in [-0.25, -0.2) is 0 Å². The first kappa shape index (κ1) is 17.7. The molecule has 136 valence electrons. The molecule has 11 heteroatoms. The zero-order valence-corrected chi connectivity index (χ0v) is 13.4. The second-order valence-electron chi connectivity index (χ2n) is 5.74. The molecule has 0 aromatic heterocycles. The summed E-state index contributed by atoms with van der Waals surface area (Å²) in [5.41, 5.74) is 4.68. The molecule has 2 amide bonds. The van der Waals surface area contributed by atoms with Crippen LogP contribution in [0.3, 0.4) is 0 Å². The summed E-state index contributed by atoms with van der Waals surface area (Å²) in [5, 5.41) is 23.9. The number of carbonyl (C=O) groups is 3. The van der Waals surface area contributed by atoms with E-state index in [1.54, 1.807) is 0 Å². The van der Waals surface area contributed by atoms with E-state index >= 15 is 0 Å². The Hall–Kier alpha value is -4.15. The van der Waals surface area contributed by atoms with E-state index in [-0.39, 0.29) is 34.4 Å². The molecule has 27 heavy (non-hydrogen) atoms. The summed E-state index contributed by atoms with van der Waals surface area (Å²) < 4.78 is 0. The molecule has 1 aliphatic rings. The normalized spacial score (nSPS) is 12.4. The first-order valence-corrected chi connectivity index (χ1v) is 7.42. The van der Waals surface area contributed by atoms with Crippen LogP contribution in [0.25, 0.3) is 0 Å². The van der Waals surface area contributed by atoms with Crippen molar-refractivity contribution in [1.29, 1.82) is 0 Å². The number of amides is 2. The number of nitrogen functional groups attached to an aromatic ring is 1. The first-order valence-electron chi connectivity index (χ1n) is 7.42. The van der Waals surface area contributed by atoms with E-state index in [9.17, 15) is 34.6 Å². The standard InChI is InChI=1S/C16H10N4O7/c17-12-2-7(1-11-14(12)16(23)18-15(11)22)3-13(21)8-4-9(19(24)25)6-10(5-8)20(26)27/h1-2,4-6H,3,17H2,(H,18,22,23). The molecule has 0 fully saturated rings. The Balaban J connectivity index is 1.97. The molecule has 1 aliphatic heterocycles. The third-order valence-corrected chi connectivity index (χ3v) is 3.94. The number of hydrogen-bond donors (Lipinski definition) is 2. The number of anilines is 1. The molecule has 0 saturated heterocycles. The third kappa shape index (κ3) is 3.20. The summed E-state index contributed by atoms with van der Waals surface area (Å²) in [6, 6.07) is 5.26. The first-order chi connectivity index (χ1) is 12.7. The number of nitro groups is 2. The molecular formula is C16H10N4O7. The second-order valence-corrected chi connectivity index (χ2v) is 5.74. The maximum Gasteiger partial charge on any atom is 0.277 e. The van der Waals surface area contributed by atoms with Crippen LogP contribution in [0.5, 0.6) is 0 Å². The number of hydrogen-bond acceptors (Lipinski definition) is 8. The van der Waals surface area contributed by atoms with Crippen molar-refractivity contribution in [2.45, 2.75) is 6.42 Å². The highest BCUT2D eigenvalue weighted by Gasteiger charge is 2.30. The number of nitrogens with two attached hydrogens (primary N) is 1. The van der Waals surface area contributed by atoms with E-state index in [2.05, 4.69) is 5.32 Å². The molecule has 0 bridgehead atoms. The van der Waals surface area contributed by atoms with Crippen LogP contribution in [0.2, 0.25) is 0 Å². The van der Waals surface area contributed by atoms with Crippen molar-refractivity contribution in [3.8, 4) is 0 Å². The van der Waals surface area contributed by atoms with E-state index in [1.165, 1.54) is 12.1 Å². The molecule has 0 unspecified atom stereocenters. The fourth-order valence-electron chi connectivity index (χ4n) is 2.75. The maximum absolute atomic E-state index is 12.5. The average Bonchev–Trinajstić information content (AvgIpc) is 2.88. The molecule has 0 aliphatic carbocycles. The van der Waals surface area contributed by atoms with Crippen LogP contribution in [-0.4, -0.2) is 27.4 Å². The number of ketones is 1. The third-order valence-electron chi connectivity index (χ3n) is 3.94. The molecular weight excluding hydrogens is 360 g/mol. The summed E-state index contributed by atoms with van der Waals surface area (Å²) in [6.07, 6.45) is -0.322. The summed E-state index contributed by atoms with van der Waals surface area (Å²) in [4.78, 5) is 56.0. The highest BCUT2D eigenvalue weighted by molar-refractivity contribution is 6.23. The Kier molecular flexibility index (Phi) is 4.12. The van der Waals surface area contributed by atoms with Gasteiger partial charge >= 0.3 is 0 Å². The van der Waals surface area contributed by atoms with Gasteiger partial charge in [-0.3, -0.25) is 39.9 Å². The number of Topliss-reactive ketones (excluding diaryl/α,β-unsaturated/α-hetero) is 1.